The van der Waals surface area contributed by atoms with Crippen molar-refractivity contribution in [3.63, 3.8) is 0 Å². The minimum atomic E-state index is -4.44. The van der Waals surface area contributed by atoms with Crippen molar-refractivity contribution in [2.45, 2.75) is 11.8 Å². The van der Waals surface area contributed by atoms with Crippen LogP contribution in [0.3, 0.4) is 0 Å². The summed E-state index contributed by atoms with van der Waals surface area (Å²) in [6.45, 7) is 1.83. The highest BCUT2D eigenvalue weighted by Crippen LogP contribution is 2.55. The maximum Gasteiger partial charge on any atom is 0.298 e. The molecule has 4 rings (SSSR count). The van der Waals surface area contributed by atoms with Crippen LogP contribution in [0.4, 0.5) is 0 Å². The summed E-state index contributed by atoms with van der Waals surface area (Å²) in [6.07, 6.45) is 0. The van der Waals surface area contributed by atoms with Gasteiger partial charge in [0.05, 0.1) is 0 Å². The molecule has 3 nitrogen and oxygen atoms in total. The van der Waals surface area contributed by atoms with Gasteiger partial charge in [-0.1, -0.05) is 60.7 Å². The van der Waals surface area contributed by atoms with Gasteiger partial charge in [-0.15, -0.1) is 0 Å². The summed E-state index contributed by atoms with van der Waals surface area (Å²) in [4.78, 5) is -0.0348. The lowest BCUT2D eigenvalue weighted by Crippen LogP contribution is -2.40. The van der Waals surface area contributed by atoms with Crippen LogP contribution in [0.2, 0.25) is 0 Å². The van der Waals surface area contributed by atoms with E-state index in [9.17, 15) is 13.0 Å². The molecule has 0 saturated carbocycles. The predicted molar refractivity (Wildman–Crippen MR) is 126 cm³/mol. The van der Waals surface area contributed by atoms with Gasteiger partial charge < -0.3 is 0 Å². The molecule has 30 heavy (non-hydrogen) atoms. The quantitative estimate of drug-likeness (QED) is 0.384. The van der Waals surface area contributed by atoms with Crippen LogP contribution < -0.4 is 21.2 Å². The lowest BCUT2D eigenvalue weighted by molar-refractivity contribution is 0.484. The van der Waals surface area contributed by atoms with Crippen molar-refractivity contribution in [2.75, 3.05) is 0 Å². The molecule has 0 unspecified atom stereocenters. The molecule has 4 aromatic carbocycles. The van der Waals surface area contributed by atoms with Gasteiger partial charge >= 0.3 is 0 Å². The number of hydrogen-bond donors (Lipinski definition) is 1. The van der Waals surface area contributed by atoms with Crippen molar-refractivity contribution in [3.05, 3.63) is 115 Å². The van der Waals surface area contributed by atoms with Gasteiger partial charge in [-0.05, 0) is 61.0 Å². The Bertz CT molecular complexity index is 1160. The maximum absolute atomic E-state index is 12.5. The van der Waals surface area contributed by atoms with E-state index in [1.165, 1.54) is 0 Å². The molecule has 0 aliphatic rings. The van der Waals surface area contributed by atoms with Crippen molar-refractivity contribution in [2.24, 2.45) is 0 Å². The van der Waals surface area contributed by atoms with Gasteiger partial charge in [0.15, 0.2) is 0 Å². The first-order valence-electron chi connectivity index (χ1n) is 9.58. The van der Waals surface area contributed by atoms with Crippen LogP contribution in [0.25, 0.3) is 0 Å². The predicted octanol–water partition coefficient (Wildman–Crippen LogP) is 3.86. The van der Waals surface area contributed by atoms with Gasteiger partial charge in [0.1, 0.15) is 33.4 Å². The molecule has 150 valence electrons. The molecular weight excluding hydrogens is 411 g/mol. The molecule has 0 spiro atoms. The maximum atomic E-state index is 12.5. The molecule has 0 atom stereocenters. The summed E-state index contributed by atoms with van der Waals surface area (Å²) < 4.78 is 35.2. The molecule has 0 aliphatic carbocycles. The highest BCUT2D eigenvalue weighted by atomic mass is 32.2. The molecule has 4 aromatic rings. The Balaban J connectivity index is 2.24. The van der Waals surface area contributed by atoms with Gasteiger partial charge in [-0.3, -0.25) is 4.55 Å². The summed E-state index contributed by atoms with van der Waals surface area (Å²) in [5.41, 5.74) is 0.777. The fourth-order valence-corrected chi connectivity index (χ4v) is 9.63. The van der Waals surface area contributed by atoms with Crippen molar-refractivity contribution >= 4 is 38.6 Å². The van der Waals surface area contributed by atoms with Gasteiger partial charge in [0, 0.05) is 0 Å². The van der Waals surface area contributed by atoms with Crippen LogP contribution >= 0.6 is 7.26 Å². The van der Waals surface area contributed by atoms with Crippen molar-refractivity contribution in [1.82, 2.24) is 0 Å². The average Bonchev–Trinajstić information content (AvgIpc) is 2.77. The molecule has 0 radical (unpaired) electrons. The zero-order valence-corrected chi connectivity index (χ0v) is 18.2. The largest absolute Gasteiger partial charge is 0.298 e. The van der Waals surface area contributed by atoms with Gasteiger partial charge in [0.25, 0.3) is 10.1 Å². The molecule has 0 amide bonds. The first-order chi connectivity index (χ1) is 14.4. The Labute approximate surface area is 178 Å². The zero-order chi connectivity index (χ0) is 21.2. The zero-order valence-electron chi connectivity index (χ0n) is 16.5. The third-order valence-electron chi connectivity index (χ3n) is 5.19. The fraction of sp³-hybridized carbons (Fsp3) is 0.0400. The highest BCUT2D eigenvalue weighted by Gasteiger charge is 2.50. The topological polar surface area (TPSA) is 54.4 Å². The van der Waals surface area contributed by atoms with Crippen LogP contribution in [0, 0.1) is 6.92 Å². The van der Waals surface area contributed by atoms with E-state index in [1.54, 1.807) is 6.07 Å². The Morgan fingerprint density at radius 3 is 1.40 bits per heavy atom. The van der Waals surface area contributed by atoms with Crippen LogP contribution in [0.5, 0.6) is 0 Å². The number of rotatable bonds is 5. The summed E-state index contributed by atoms with van der Waals surface area (Å²) in [5.74, 6) is 0. The molecule has 0 aliphatic heterocycles. The molecule has 0 heterocycles. The third kappa shape index (κ3) is 3.59. The van der Waals surface area contributed by atoms with Crippen molar-refractivity contribution in [3.8, 4) is 0 Å². The number of aryl methyl sites for hydroxylation is 1. The molecule has 0 bridgehead atoms. The molecule has 5 heteroatoms. The van der Waals surface area contributed by atoms with Gasteiger partial charge in [-0.2, -0.15) is 8.42 Å². The Hall–Kier alpha value is -2.78. The summed E-state index contributed by atoms with van der Waals surface area (Å²) in [7, 11) is -7.03. The monoisotopic (exact) mass is 433 g/mol. The van der Waals surface area contributed by atoms with E-state index in [4.69, 9.17) is 0 Å². The lowest BCUT2D eigenvalue weighted by atomic mass is 10.2. The summed E-state index contributed by atoms with van der Waals surface area (Å²) >= 11 is 0. The van der Waals surface area contributed by atoms with Crippen LogP contribution in [-0.4, -0.2) is 13.0 Å². The third-order valence-corrected chi connectivity index (χ3v) is 10.6. The minimum absolute atomic E-state index is 0.0348. The lowest BCUT2D eigenvalue weighted by Gasteiger charge is -2.28. The second-order valence-corrected chi connectivity index (χ2v) is 11.9. The fourth-order valence-electron chi connectivity index (χ4n) is 3.92. The molecule has 1 N–H and O–H groups in total. The Morgan fingerprint density at radius 1 is 0.633 bits per heavy atom. The van der Waals surface area contributed by atoms with Gasteiger partial charge in [-0.25, -0.2) is 0 Å². The average molecular weight is 433 g/mol. The Kier molecular flexibility index (Phi) is 5.57. The van der Waals surface area contributed by atoms with E-state index < -0.39 is 17.4 Å². The second kappa shape index (κ2) is 8.16. The first-order valence-corrected chi connectivity index (χ1v) is 12.8. The molecular formula is C25H22O3PS+. The van der Waals surface area contributed by atoms with Crippen LogP contribution in [-0.2, 0) is 10.1 Å². The van der Waals surface area contributed by atoms with E-state index in [0.29, 0.717) is 5.30 Å². The van der Waals surface area contributed by atoms with E-state index >= 15 is 0 Å². The molecule has 0 fully saturated rings. The molecule has 0 saturated heterocycles. The SMILES string of the molecule is Cc1ccc([P+](c2ccccc2)(c2ccccc2)c2ccccc2)c(S(=O)(=O)O)c1. The van der Waals surface area contributed by atoms with Gasteiger partial charge in [0.2, 0.25) is 0 Å². The first kappa shape index (κ1) is 20.5. The van der Waals surface area contributed by atoms with E-state index in [1.807, 2.05) is 110 Å². The Morgan fingerprint density at radius 2 is 1.03 bits per heavy atom. The smallest absolute Gasteiger partial charge is 0.282 e. The van der Waals surface area contributed by atoms with E-state index in [-0.39, 0.29) is 4.90 Å². The van der Waals surface area contributed by atoms with E-state index in [2.05, 4.69) is 0 Å². The standard InChI is InChI=1S/C25H21O3PS/c1-20-17-18-24(25(19-20)30(26,27)28)29(21-11-5-2-6-12-21,22-13-7-3-8-14-22)23-15-9-4-10-16-23/h2-19H,1H3/p+1. The molecule has 0 aromatic heterocycles. The second-order valence-electron chi connectivity index (χ2n) is 7.12. The van der Waals surface area contributed by atoms with Crippen molar-refractivity contribution < 1.29 is 13.0 Å². The highest BCUT2D eigenvalue weighted by molar-refractivity contribution is 8.02. The normalized spacial score (nSPS) is 11.9. The summed E-state index contributed by atoms with van der Waals surface area (Å²) in [6, 6.07) is 35.3. The summed E-state index contributed by atoms with van der Waals surface area (Å²) in [5, 5.41) is 3.70. The number of benzene rings is 4. The van der Waals surface area contributed by atoms with Crippen molar-refractivity contribution in [1.29, 1.82) is 0 Å². The number of hydrogen-bond acceptors (Lipinski definition) is 2. The van der Waals surface area contributed by atoms with E-state index in [0.717, 1.165) is 21.5 Å². The minimum Gasteiger partial charge on any atom is -0.282 e. The van der Waals surface area contributed by atoms with Crippen LogP contribution in [0.1, 0.15) is 5.56 Å². The van der Waals surface area contributed by atoms with Crippen LogP contribution in [0.15, 0.2) is 114 Å².